The molecule has 0 aliphatic heterocycles. The summed E-state index contributed by atoms with van der Waals surface area (Å²) in [7, 11) is 0. The van der Waals surface area contributed by atoms with Crippen LogP contribution in [0, 0.1) is 0 Å². The molecule has 10 heavy (non-hydrogen) atoms. The molecule has 62 valence electrons. The minimum Gasteiger partial charge on any atom is -0.349 e. The number of alkyl halides is 3. The number of carbonyl (C=O) groups excluding carboxylic acids is 1. The van der Waals surface area contributed by atoms with Crippen molar-refractivity contribution in [3.8, 4) is 0 Å². The van der Waals surface area contributed by atoms with Crippen LogP contribution < -0.4 is 5.32 Å². The highest BCUT2D eigenvalue weighted by Gasteiger charge is 2.37. The van der Waals surface area contributed by atoms with E-state index in [0.29, 0.717) is 0 Å². The van der Waals surface area contributed by atoms with Gasteiger partial charge in [-0.05, 0) is 6.92 Å². The van der Waals surface area contributed by atoms with Gasteiger partial charge >= 0.3 is 12.1 Å². The molecule has 0 unspecified atom stereocenters. The minimum atomic E-state index is -4.74. The zero-order valence-electron chi connectivity index (χ0n) is 5.16. The molecule has 0 atom stereocenters. The summed E-state index contributed by atoms with van der Waals surface area (Å²) in [4.78, 5) is 9.83. The van der Waals surface area contributed by atoms with E-state index < -0.39 is 12.1 Å². The van der Waals surface area contributed by atoms with Crippen molar-refractivity contribution in [2.75, 3.05) is 6.54 Å². The van der Waals surface area contributed by atoms with Gasteiger partial charge in [-0.25, -0.2) is 0 Å². The highest BCUT2D eigenvalue weighted by Crippen LogP contribution is 2.13. The fraction of sp³-hybridized carbons (Fsp3) is 0.750. The lowest BCUT2D eigenvalue weighted by Gasteiger charge is -2.03. The van der Waals surface area contributed by atoms with Crippen LogP contribution in [-0.2, 0) is 4.79 Å². The fourth-order valence-electron chi connectivity index (χ4n) is 0.261. The normalized spacial score (nSPS) is 10.0. The molecule has 0 saturated carbocycles. The Kier molecular flexibility index (Phi) is 5.36. The van der Waals surface area contributed by atoms with E-state index >= 15 is 0 Å². The van der Waals surface area contributed by atoms with Crippen molar-refractivity contribution < 1.29 is 18.0 Å². The van der Waals surface area contributed by atoms with Crippen LogP contribution in [0.5, 0.6) is 0 Å². The van der Waals surface area contributed by atoms with Gasteiger partial charge in [0, 0.05) is 6.54 Å². The molecule has 0 fully saturated rings. The van der Waals surface area contributed by atoms with E-state index in [9.17, 15) is 18.0 Å². The summed E-state index contributed by atoms with van der Waals surface area (Å²) in [5.74, 6) is -1.88. The molecule has 1 amide bonds. The molecule has 6 heteroatoms. The average molecular weight is 178 g/mol. The first-order chi connectivity index (χ1) is 3.98. The first kappa shape index (κ1) is 12.2. The Morgan fingerprint density at radius 3 is 2.00 bits per heavy atom. The van der Waals surface area contributed by atoms with Crippen molar-refractivity contribution in [1.29, 1.82) is 0 Å². The summed E-state index contributed by atoms with van der Waals surface area (Å²) < 4.78 is 33.7. The van der Waals surface area contributed by atoms with Crippen LogP contribution in [0.2, 0.25) is 0 Å². The molecule has 0 radical (unpaired) electrons. The third kappa shape index (κ3) is 4.43. The Morgan fingerprint density at radius 2 is 1.90 bits per heavy atom. The molecule has 0 aromatic rings. The second-order valence-corrected chi connectivity index (χ2v) is 1.36. The molecule has 1 N–H and O–H groups in total. The Balaban J connectivity index is 0. The molecule has 0 saturated heterocycles. The van der Waals surface area contributed by atoms with Gasteiger partial charge in [-0.3, -0.25) is 4.79 Å². The van der Waals surface area contributed by atoms with Crippen LogP contribution in [0.1, 0.15) is 6.92 Å². The first-order valence-corrected chi connectivity index (χ1v) is 2.33. The largest absolute Gasteiger partial charge is 0.471 e. The molecule has 0 aliphatic carbocycles. The van der Waals surface area contributed by atoms with Crippen molar-refractivity contribution in [3.05, 3.63) is 0 Å². The van der Waals surface area contributed by atoms with Crippen molar-refractivity contribution in [2.24, 2.45) is 0 Å². The van der Waals surface area contributed by atoms with Crippen molar-refractivity contribution in [3.63, 3.8) is 0 Å². The number of hydrogen-bond donors (Lipinski definition) is 1. The van der Waals surface area contributed by atoms with Crippen LogP contribution >= 0.6 is 12.4 Å². The monoisotopic (exact) mass is 177 g/mol. The maximum atomic E-state index is 11.2. The maximum absolute atomic E-state index is 11.2. The van der Waals surface area contributed by atoms with Gasteiger partial charge in [0.2, 0.25) is 0 Å². The van der Waals surface area contributed by atoms with E-state index in [1.54, 1.807) is 5.32 Å². The lowest BCUT2D eigenvalue weighted by Crippen LogP contribution is -2.36. The Morgan fingerprint density at radius 1 is 1.50 bits per heavy atom. The highest BCUT2D eigenvalue weighted by atomic mass is 35.5. The number of rotatable bonds is 1. The van der Waals surface area contributed by atoms with Crippen molar-refractivity contribution >= 4 is 18.3 Å². The highest BCUT2D eigenvalue weighted by molar-refractivity contribution is 5.85. The van der Waals surface area contributed by atoms with Gasteiger partial charge in [0.05, 0.1) is 0 Å². The molecular weight excluding hydrogens is 170 g/mol. The minimum absolute atomic E-state index is 0. The Bertz CT molecular complexity index is 114. The Hall–Kier alpha value is -0.450. The summed E-state index contributed by atoms with van der Waals surface area (Å²) in [6.45, 7) is 1.42. The Labute approximate surface area is 62.2 Å². The van der Waals surface area contributed by atoms with Gasteiger partial charge in [-0.2, -0.15) is 13.2 Å². The van der Waals surface area contributed by atoms with Gasteiger partial charge < -0.3 is 5.32 Å². The van der Waals surface area contributed by atoms with Crippen molar-refractivity contribution in [1.82, 2.24) is 5.32 Å². The first-order valence-electron chi connectivity index (χ1n) is 2.33. The van der Waals surface area contributed by atoms with E-state index in [1.807, 2.05) is 0 Å². The molecule has 0 rings (SSSR count). The van der Waals surface area contributed by atoms with Gasteiger partial charge in [-0.15, -0.1) is 12.4 Å². The van der Waals surface area contributed by atoms with Crippen LogP contribution in [-0.4, -0.2) is 18.6 Å². The van der Waals surface area contributed by atoms with Crippen LogP contribution in [0.3, 0.4) is 0 Å². The topological polar surface area (TPSA) is 29.1 Å². The SMILES string of the molecule is CCNC(=O)C(F)(F)F.Cl. The molecule has 0 bridgehead atoms. The summed E-state index contributed by atoms with van der Waals surface area (Å²) >= 11 is 0. The number of halogens is 4. The number of amides is 1. The smallest absolute Gasteiger partial charge is 0.349 e. The maximum Gasteiger partial charge on any atom is 0.471 e. The van der Waals surface area contributed by atoms with Gasteiger partial charge in [-0.1, -0.05) is 0 Å². The predicted molar refractivity (Wildman–Crippen MR) is 32.0 cm³/mol. The summed E-state index contributed by atoms with van der Waals surface area (Å²) in [5, 5.41) is 1.62. The van der Waals surface area contributed by atoms with Gasteiger partial charge in [0.1, 0.15) is 0 Å². The molecule has 0 spiro atoms. The second-order valence-electron chi connectivity index (χ2n) is 1.36. The number of nitrogens with one attached hydrogen (secondary N) is 1. The van der Waals surface area contributed by atoms with Crippen LogP contribution in [0.25, 0.3) is 0 Å². The summed E-state index contributed by atoms with van der Waals surface area (Å²) in [6, 6.07) is 0. The van der Waals surface area contributed by atoms with E-state index in [2.05, 4.69) is 0 Å². The van der Waals surface area contributed by atoms with E-state index in [0.717, 1.165) is 0 Å². The van der Waals surface area contributed by atoms with Crippen LogP contribution in [0.15, 0.2) is 0 Å². The lowest BCUT2D eigenvalue weighted by molar-refractivity contribution is -0.173. The van der Waals surface area contributed by atoms with E-state index in [4.69, 9.17) is 0 Å². The standard InChI is InChI=1S/C4H6F3NO.ClH/c1-2-8-3(9)4(5,6)7;/h2H2,1H3,(H,8,9);1H. The quantitative estimate of drug-likeness (QED) is 0.639. The lowest BCUT2D eigenvalue weighted by atomic mass is 10.6. The molecule has 0 aromatic carbocycles. The molecule has 0 heterocycles. The third-order valence-corrected chi connectivity index (χ3v) is 0.595. The number of hydrogen-bond acceptors (Lipinski definition) is 1. The second kappa shape index (κ2) is 4.38. The van der Waals surface area contributed by atoms with Crippen molar-refractivity contribution in [2.45, 2.75) is 13.1 Å². The van der Waals surface area contributed by atoms with Gasteiger partial charge in [0.25, 0.3) is 0 Å². The molecule has 2 nitrogen and oxygen atoms in total. The molecular formula is C4H7ClF3NO. The fourth-order valence-corrected chi connectivity index (χ4v) is 0.261. The zero-order chi connectivity index (χ0) is 7.49. The number of carbonyl (C=O) groups is 1. The summed E-state index contributed by atoms with van der Waals surface area (Å²) in [6.07, 6.45) is -4.74. The van der Waals surface area contributed by atoms with Crippen LogP contribution in [0.4, 0.5) is 13.2 Å². The third-order valence-electron chi connectivity index (χ3n) is 0.595. The predicted octanol–water partition coefficient (Wildman–Crippen LogP) is 1.11. The average Bonchev–Trinajstić information content (AvgIpc) is 1.64. The zero-order valence-corrected chi connectivity index (χ0v) is 5.97. The van der Waals surface area contributed by atoms with E-state index in [-0.39, 0.29) is 19.0 Å². The van der Waals surface area contributed by atoms with Gasteiger partial charge in [0.15, 0.2) is 0 Å². The molecule has 0 aliphatic rings. The summed E-state index contributed by atoms with van der Waals surface area (Å²) in [5.41, 5.74) is 0. The molecule has 0 aromatic heterocycles. The van der Waals surface area contributed by atoms with E-state index in [1.165, 1.54) is 6.92 Å².